The van der Waals surface area contributed by atoms with Gasteiger partial charge in [0.05, 0.1) is 24.5 Å². The van der Waals surface area contributed by atoms with Gasteiger partial charge < -0.3 is 13.9 Å². The summed E-state index contributed by atoms with van der Waals surface area (Å²) in [4.78, 5) is 36.5. The van der Waals surface area contributed by atoms with E-state index in [9.17, 15) is 14.4 Å². The maximum absolute atomic E-state index is 12.5. The number of methoxy groups -OCH3 is 1. The highest BCUT2D eigenvalue weighted by atomic mass is 79.9. The summed E-state index contributed by atoms with van der Waals surface area (Å²) in [6.45, 7) is 3.38. The highest BCUT2D eigenvalue weighted by Crippen LogP contribution is 2.31. The first-order valence-corrected chi connectivity index (χ1v) is 9.64. The van der Waals surface area contributed by atoms with Crippen molar-refractivity contribution in [1.29, 1.82) is 0 Å². The Balaban J connectivity index is 1.99. The van der Waals surface area contributed by atoms with Crippen molar-refractivity contribution in [1.82, 2.24) is 0 Å². The monoisotopic (exact) mass is 458 g/mol. The molecule has 1 heterocycles. The van der Waals surface area contributed by atoms with E-state index in [1.807, 2.05) is 6.92 Å². The van der Waals surface area contributed by atoms with Crippen LogP contribution in [0.5, 0.6) is 5.75 Å². The molecule has 7 heteroatoms. The number of benzene rings is 2. The number of ether oxygens (including phenoxy) is 2. The number of Topliss-reactive ketones (excluding diaryl/α,β-unsaturated/α-hetero) is 1. The van der Waals surface area contributed by atoms with E-state index in [2.05, 4.69) is 20.7 Å². The number of fused-ring (bicyclic) bond motifs is 1. The Morgan fingerprint density at radius 2 is 1.79 bits per heavy atom. The van der Waals surface area contributed by atoms with E-state index in [0.717, 1.165) is 10.0 Å². The molecule has 29 heavy (non-hydrogen) atoms. The lowest BCUT2D eigenvalue weighted by Crippen LogP contribution is -2.17. The van der Waals surface area contributed by atoms with Gasteiger partial charge in [0.25, 0.3) is 0 Å². The van der Waals surface area contributed by atoms with Crippen LogP contribution >= 0.6 is 15.9 Å². The van der Waals surface area contributed by atoms with Gasteiger partial charge in [-0.1, -0.05) is 28.1 Å². The number of carbonyl (C=O) groups excluding carboxylic acids is 2. The molecule has 6 nitrogen and oxygen atoms in total. The lowest BCUT2D eigenvalue weighted by atomic mass is 10.0. The zero-order valence-corrected chi connectivity index (χ0v) is 17.8. The van der Waals surface area contributed by atoms with E-state index >= 15 is 0 Å². The molecule has 0 unspecified atom stereocenters. The van der Waals surface area contributed by atoms with Gasteiger partial charge in [0.15, 0.2) is 12.4 Å². The summed E-state index contributed by atoms with van der Waals surface area (Å²) in [7, 11) is 1.26. The van der Waals surface area contributed by atoms with E-state index in [1.54, 1.807) is 43.3 Å². The number of esters is 1. The van der Waals surface area contributed by atoms with Crippen LogP contribution in [0, 0.1) is 13.8 Å². The first kappa shape index (κ1) is 20.8. The molecule has 150 valence electrons. The van der Waals surface area contributed by atoms with Crippen LogP contribution in [0.15, 0.2) is 50.1 Å². The maximum atomic E-state index is 12.5. The predicted molar refractivity (Wildman–Crippen MR) is 112 cm³/mol. The first-order chi connectivity index (χ1) is 13.8. The molecular formula is C22H19BrO6. The normalized spacial score (nSPS) is 10.8. The molecule has 0 spiro atoms. The molecule has 0 saturated carbocycles. The van der Waals surface area contributed by atoms with Crippen molar-refractivity contribution < 1.29 is 23.5 Å². The highest BCUT2D eigenvalue weighted by molar-refractivity contribution is 9.10. The van der Waals surface area contributed by atoms with E-state index in [1.165, 1.54) is 7.11 Å². The van der Waals surface area contributed by atoms with Crippen LogP contribution in [-0.4, -0.2) is 25.5 Å². The van der Waals surface area contributed by atoms with Crippen LogP contribution in [0.2, 0.25) is 0 Å². The third-order valence-electron chi connectivity index (χ3n) is 4.56. The number of rotatable bonds is 6. The van der Waals surface area contributed by atoms with E-state index < -0.39 is 11.6 Å². The van der Waals surface area contributed by atoms with Crippen molar-refractivity contribution >= 4 is 38.7 Å². The summed E-state index contributed by atoms with van der Waals surface area (Å²) in [5.74, 6) is -0.311. The second-order valence-electron chi connectivity index (χ2n) is 6.60. The number of aryl methyl sites for hydroxylation is 2. The minimum absolute atomic E-state index is 0.176. The summed E-state index contributed by atoms with van der Waals surface area (Å²) in [6.07, 6.45) is -0.203. The molecule has 0 radical (unpaired) electrons. The smallest absolute Gasteiger partial charge is 0.340 e. The molecule has 0 fully saturated rings. The Bertz CT molecular complexity index is 1140. The topological polar surface area (TPSA) is 82.8 Å². The quantitative estimate of drug-likeness (QED) is 0.313. The number of halogens is 1. The standard InChI is InChI=1S/C22H19BrO6/c1-12-8-18(28-11-17(24)14-4-6-15(23)7-5-14)21-13(2)16(10-20(25)27-3)22(26)29-19(21)9-12/h4-9H,10-11H2,1-3H3. The van der Waals surface area contributed by atoms with Gasteiger partial charge in [-0.05, 0) is 49.2 Å². The van der Waals surface area contributed by atoms with Crippen LogP contribution in [0.25, 0.3) is 11.0 Å². The minimum Gasteiger partial charge on any atom is -0.485 e. The third kappa shape index (κ3) is 4.56. The molecule has 3 aromatic rings. The Labute approximate surface area is 175 Å². The van der Waals surface area contributed by atoms with Gasteiger partial charge in [0.1, 0.15) is 11.3 Å². The fraction of sp³-hybridized carbons (Fsp3) is 0.227. The molecule has 1 aromatic heterocycles. The van der Waals surface area contributed by atoms with Gasteiger partial charge >= 0.3 is 11.6 Å². The largest absolute Gasteiger partial charge is 0.485 e. The lowest BCUT2D eigenvalue weighted by Gasteiger charge is -2.13. The van der Waals surface area contributed by atoms with Crippen molar-refractivity contribution in [3.63, 3.8) is 0 Å². The predicted octanol–water partition coefficient (Wildman–Crippen LogP) is 4.15. The Morgan fingerprint density at radius 3 is 2.45 bits per heavy atom. The molecule has 0 aliphatic heterocycles. The zero-order valence-electron chi connectivity index (χ0n) is 16.2. The maximum Gasteiger partial charge on any atom is 0.340 e. The zero-order chi connectivity index (χ0) is 21.1. The molecule has 0 N–H and O–H groups in total. The summed E-state index contributed by atoms with van der Waals surface area (Å²) in [5, 5.41) is 0.553. The third-order valence-corrected chi connectivity index (χ3v) is 5.09. The molecule has 0 amide bonds. The van der Waals surface area contributed by atoms with Crippen LogP contribution in [0.3, 0.4) is 0 Å². The van der Waals surface area contributed by atoms with Crippen LogP contribution in [-0.2, 0) is 16.0 Å². The summed E-state index contributed by atoms with van der Waals surface area (Å²) >= 11 is 3.34. The number of carbonyl (C=O) groups is 2. The highest BCUT2D eigenvalue weighted by Gasteiger charge is 2.19. The van der Waals surface area contributed by atoms with Gasteiger partial charge in [-0.2, -0.15) is 0 Å². The molecule has 0 bridgehead atoms. The fourth-order valence-electron chi connectivity index (χ4n) is 3.03. The van der Waals surface area contributed by atoms with Crippen LogP contribution in [0.4, 0.5) is 0 Å². The Morgan fingerprint density at radius 1 is 1.10 bits per heavy atom. The van der Waals surface area contributed by atoms with Crippen molar-refractivity contribution in [2.75, 3.05) is 13.7 Å². The molecular weight excluding hydrogens is 440 g/mol. The minimum atomic E-state index is -0.595. The van der Waals surface area contributed by atoms with Crippen molar-refractivity contribution in [2.24, 2.45) is 0 Å². The summed E-state index contributed by atoms with van der Waals surface area (Å²) < 4.78 is 16.8. The molecule has 0 saturated heterocycles. The average molecular weight is 459 g/mol. The van der Waals surface area contributed by atoms with Crippen molar-refractivity contribution in [2.45, 2.75) is 20.3 Å². The lowest BCUT2D eigenvalue weighted by molar-refractivity contribution is -0.139. The van der Waals surface area contributed by atoms with Gasteiger partial charge in [0, 0.05) is 10.0 Å². The van der Waals surface area contributed by atoms with Gasteiger partial charge in [0.2, 0.25) is 0 Å². The van der Waals surface area contributed by atoms with E-state index in [0.29, 0.717) is 27.8 Å². The average Bonchev–Trinajstić information content (AvgIpc) is 2.68. The van der Waals surface area contributed by atoms with Crippen LogP contribution < -0.4 is 10.4 Å². The van der Waals surface area contributed by atoms with Gasteiger partial charge in [-0.15, -0.1) is 0 Å². The SMILES string of the molecule is COC(=O)Cc1c(C)c2c(OCC(=O)c3ccc(Br)cc3)cc(C)cc2oc1=O. The van der Waals surface area contributed by atoms with Crippen molar-refractivity contribution in [3.8, 4) is 5.75 Å². The van der Waals surface area contributed by atoms with E-state index in [4.69, 9.17) is 9.15 Å². The second-order valence-corrected chi connectivity index (χ2v) is 7.52. The summed E-state index contributed by atoms with van der Waals surface area (Å²) in [5.41, 5.74) is 1.85. The van der Waals surface area contributed by atoms with Gasteiger partial charge in [-0.3, -0.25) is 9.59 Å². The molecule has 0 aliphatic rings. The first-order valence-electron chi connectivity index (χ1n) is 8.85. The summed E-state index contributed by atoms with van der Waals surface area (Å²) in [6, 6.07) is 10.5. The number of ketones is 1. The number of hydrogen-bond acceptors (Lipinski definition) is 6. The number of hydrogen-bond donors (Lipinski definition) is 0. The molecule has 0 aliphatic carbocycles. The Kier molecular flexibility index (Phi) is 6.17. The van der Waals surface area contributed by atoms with Crippen molar-refractivity contribution in [3.05, 3.63) is 73.5 Å². The van der Waals surface area contributed by atoms with Gasteiger partial charge in [-0.25, -0.2) is 4.79 Å². The van der Waals surface area contributed by atoms with E-state index in [-0.39, 0.29) is 24.4 Å². The molecule has 3 rings (SSSR count). The fourth-order valence-corrected chi connectivity index (χ4v) is 3.30. The Hall–Kier alpha value is -2.93. The molecule has 0 atom stereocenters. The second kappa shape index (κ2) is 8.61. The van der Waals surface area contributed by atoms with Crippen LogP contribution in [0.1, 0.15) is 27.0 Å². The molecule has 2 aromatic carbocycles.